The van der Waals surface area contributed by atoms with Crippen molar-refractivity contribution in [1.29, 1.82) is 0 Å². The van der Waals surface area contributed by atoms with E-state index in [1.54, 1.807) is 54.7 Å². The number of furan rings is 1. The van der Waals surface area contributed by atoms with Gasteiger partial charge in [-0.2, -0.15) is 0 Å². The van der Waals surface area contributed by atoms with Gasteiger partial charge in [-0.25, -0.2) is 9.78 Å². The van der Waals surface area contributed by atoms with E-state index in [2.05, 4.69) is 10.3 Å². The summed E-state index contributed by atoms with van der Waals surface area (Å²) in [6, 6.07) is 12.9. The lowest BCUT2D eigenvalue weighted by atomic mass is 10.2. The summed E-state index contributed by atoms with van der Waals surface area (Å²) < 4.78 is 10.2. The Morgan fingerprint density at radius 1 is 1.12 bits per heavy atom. The first-order chi connectivity index (χ1) is 12.1. The number of halogens is 1. The minimum absolute atomic E-state index is 0.0972. The van der Waals surface area contributed by atoms with Crippen molar-refractivity contribution in [1.82, 2.24) is 4.98 Å². The first-order valence-electron chi connectivity index (χ1n) is 7.34. The Labute approximate surface area is 148 Å². The van der Waals surface area contributed by atoms with Crippen LogP contribution in [0.4, 0.5) is 5.69 Å². The van der Waals surface area contributed by atoms with Crippen molar-refractivity contribution in [3.8, 4) is 0 Å². The summed E-state index contributed by atoms with van der Waals surface area (Å²) in [4.78, 5) is 27.8. The van der Waals surface area contributed by atoms with E-state index in [9.17, 15) is 9.59 Å². The lowest BCUT2D eigenvalue weighted by molar-refractivity contribution is 0.0472. The zero-order valence-corrected chi connectivity index (χ0v) is 13.7. The van der Waals surface area contributed by atoms with Crippen LogP contribution in [0, 0.1) is 0 Å². The van der Waals surface area contributed by atoms with Crippen LogP contribution in [-0.4, -0.2) is 16.9 Å². The number of carbonyl (C=O) groups is 2. The Morgan fingerprint density at radius 2 is 1.92 bits per heavy atom. The van der Waals surface area contributed by atoms with Crippen molar-refractivity contribution in [2.45, 2.75) is 6.61 Å². The molecule has 0 aliphatic carbocycles. The summed E-state index contributed by atoms with van der Waals surface area (Å²) in [7, 11) is 0. The van der Waals surface area contributed by atoms with Crippen LogP contribution >= 0.6 is 11.6 Å². The van der Waals surface area contributed by atoms with Crippen LogP contribution in [0.5, 0.6) is 0 Å². The molecule has 2 aromatic heterocycles. The highest BCUT2D eigenvalue weighted by atomic mass is 35.5. The molecule has 6 nitrogen and oxygen atoms in total. The monoisotopic (exact) mass is 356 g/mol. The minimum Gasteiger partial charge on any atom is -0.459 e. The average molecular weight is 357 g/mol. The SMILES string of the molecule is O=C(OCc1ccc(Cl)nc1)c1ccc(NC(=O)c2ccco2)cc1. The fraction of sp³-hybridized carbons (Fsp3) is 0.0556. The molecule has 3 aromatic rings. The van der Waals surface area contributed by atoms with Crippen molar-refractivity contribution in [3.63, 3.8) is 0 Å². The molecule has 1 amide bonds. The third kappa shape index (κ3) is 4.45. The second kappa shape index (κ2) is 7.63. The minimum atomic E-state index is -0.473. The maximum atomic E-state index is 12.0. The molecule has 0 fully saturated rings. The largest absolute Gasteiger partial charge is 0.459 e. The molecular formula is C18H13ClN2O4. The van der Waals surface area contributed by atoms with E-state index in [4.69, 9.17) is 20.8 Å². The second-order valence-electron chi connectivity index (χ2n) is 5.07. The molecule has 2 heterocycles. The van der Waals surface area contributed by atoms with E-state index in [-0.39, 0.29) is 18.3 Å². The smallest absolute Gasteiger partial charge is 0.338 e. The van der Waals surface area contributed by atoms with Crippen LogP contribution in [0.3, 0.4) is 0 Å². The zero-order valence-electron chi connectivity index (χ0n) is 12.9. The van der Waals surface area contributed by atoms with Gasteiger partial charge in [0.2, 0.25) is 0 Å². The number of amides is 1. The maximum Gasteiger partial charge on any atom is 0.338 e. The number of esters is 1. The highest BCUT2D eigenvalue weighted by molar-refractivity contribution is 6.29. The van der Waals surface area contributed by atoms with E-state index >= 15 is 0 Å². The first kappa shape index (κ1) is 16.7. The second-order valence-corrected chi connectivity index (χ2v) is 5.46. The number of ether oxygens (including phenoxy) is 1. The zero-order chi connectivity index (χ0) is 17.6. The topological polar surface area (TPSA) is 81.4 Å². The Kier molecular flexibility index (Phi) is 5.11. The van der Waals surface area contributed by atoms with Crippen molar-refractivity contribution in [2.24, 2.45) is 0 Å². The predicted octanol–water partition coefficient (Wildman–Crippen LogP) is 3.94. The standard InChI is InChI=1S/C18H13ClN2O4/c19-16-8-3-12(10-20-16)11-25-18(23)13-4-6-14(7-5-13)21-17(22)15-2-1-9-24-15/h1-10H,11H2,(H,21,22). The fourth-order valence-corrected chi connectivity index (χ4v) is 2.13. The van der Waals surface area contributed by atoms with Crippen molar-refractivity contribution in [3.05, 3.63) is 83.0 Å². The number of pyridine rings is 1. The molecule has 0 aliphatic rings. The van der Waals surface area contributed by atoms with Crippen molar-refractivity contribution < 1.29 is 18.7 Å². The number of rotatable bonds is 5. The van der Waals surface area contributed by atoms with Gasteiger partial charge in [0.1, 0.15) is 11.8 Å². The molecule has 1 aromatic carbocycles. The quantitative estimate of drug-likeness (QED) is 0.553. The Morgan fingerprint density at radius 3 is 2.56 bits per heavy atom. The van der Waals surface area contributed by atoms with E-state index < -0.39 is 5.97 Å². The normalized spacial score (nSPS) is 10.3. The summed E-state index contributed by atoms with van der Waals surface area (Å²) >= 11 is 5.70. The van der Waals surface area contributed by atoms with E-state index in [0.717, 1.165) is 5.56 Å². The van der Waals surface area contributed by atoms with Gasteiger partial charge in [0.05, 0.1) is 11.8 Å². The number of nitrogens with zero attached hydrogens (tertiary/aromatic N) is 1. The van der Waals surface area contributed by atoms with Gasteiger partial charge in [-0.1, -0.05) is 17.7 Å². The molecule has 3 rings (SSSR count). The van der Waals surface area contributed by atoms with E-state index in [1.807, 2.05) is 0 Å². The molecule has 0 atom stereocenters. The molecule has 7 heteroatoms. The van der Waals surface area contributed by atoms with E-state index in [1.165, 1.54) is 6.26 Å². The van der Waals surface area contributed by atoms with Gasteiger partial charge in [0.25, 0.3) is 5.91 Å². The summed E-state index contributed by atoms with van der Waals surface area (Å²) in [5.74, 6) is -0.630. The van der Waals surface area contributed by atoms with Crippen LogP contribution in [-0.2, 0) is 11.3 Å². The molecule has 0 spiro atoms. The third-order valence-corrected chi connectivity index (χ3v) is 3.51. The number of hydrogen-bond donors (Lipinski definition) is 1. The van der Waals surface area contributed by atoms with Crippen molar-refractivity contribution in [2.75, 3.05) is 5.32 Å². The lowest BCUT2D eigenvalue weighted by Crippen LogP contribution is -2.11. The highest BCUT2D eigenvalue weighted by Crippen LogP contribution is 2.13. The maximum absolute atomic E-state index is 12.0. The Hall–Kier alpha value is -3.12. The Bertz CT molecular complexity index is 859. The highest BCUT2D eigenvalue weighted by Gasteiger charge is 2.11. The van der Waals surface area contributed by atoms with Crippen LogP contribution < -0.4 is 5.32 Å². The molecule has 126 valence electrons. The Balaban J connectivity index is 1.56. The molecule has 0 aliphatic heterocycles. The summed E-state index contributed by atoms with van der Waals surface area (Å²) in [5.41, 5.74) is 1.65. The molecule has 0 radical (unpaired) electrons. The molecule has 0 unspecified atom stereocenters. The van der Waals surface area contributed by atoms with Gasteiger partial charge < -0.3 is 14.5 Å². The van der Waals surface area contributed by atoms with Gasteiger partial charge in [0.15, 0.2) is 5.76 Å². The first-order valence-corrected chi connectivity index (χ1v) is 7.72. The number of carbonyl (C=O) groups excluding carboxylic acids is 2. The van der Waals surface area contributed by atoms with Gasteiger partial charge in [-0.15, -0.1) is 0 Å². The number of nitrogens with one attached hydrogen (secondary N) is 1. The lowest BCUT2D eigenvalue weighted by Gasteiger charge is -2.06. The fourth-order valence-electron chi connectivity index (χ4n) is 2.01. The van der Waals surface area contributed by atoms with Gasteiger partial charge >= 0.3 is 5.97 Å². The summed E-state index contributed by atoms with van der Waals surface area (Å²) in [6.45, 7) is 0.0972. The summed E-state index contributed by atoms with van der Waals surface area (Å²) in [6.07, 6.45) is 2.97. The molecule has 0 saturated heterocycles. The van der Waals surface area contributed by atoms with Gasteiger partial charge in [-0.05, 0) is 42.5 Å². The molecular weight excluding hydrogens is 344 g/mol. The van der Waals surface area contributed by atoms with Crippen LogP contribution in [0.25, 0.3) is 0 Å². The van der Waals surface area contributed by atoms with Gasteiger partial charge in [0, 0.05) is 17.4 Å². The number of benzene rings is 1. The predicted molar refractivity (Wildman–Crippen MR) is 91.5 cm³/mol. The number of anilines is 1. The summed E-state index contributed by atoms with van der Waals surface area (Å²) in [5, 5.41) is 3.05. The molecule has 0 saturated carbocycles. The number of aromatic nitrogens is 1. The number of hydrogen-bond acceptors (Lipinski definition) is 5. The van der Waals surface area contributed by atoms with Crippen molar-refractivity contribution >= 4 is 29.2 Å². The average Bonchev–Trinajstić information content (AvgIpc) is 3.16. The molecule has 1 N–H and O–H groups in total. The molecule has 25 heavy (non-hydrogen) atoms. The third-order valence-electron chi connectivity index (χ3n) is 3.28. The van der Waals surface area contributed by atoms with E-state index in [0.29, 0.717) is 16.4 Å². The van der Waals surface area contributed by atoms with Crippen LogP contribution in [0.1, 0.15) is 26.5 Å². The molecule has 0 bridgehead atoms. The van der Waals surface area contributed by atoms with Crippen LogP contribution in [0.15, 0.2) is 65.4 Å². The van der Waals surface area contributed by atoms with Crippen LogP contribution in [0.2, 0.25) is 5.15 Å². The van der Waals surface area contributed by atoms with Gasteiger partial charge in [-0.3, -0.25) is 4.79 Å².